The molecule has 0 N–H and O–H groups in total. The molecule has 0 fully saturated rings. The van der Waals surface area contributed by atoms with Crippen molar-refractivity contribution in [1.82, 2.24) is 0 Å². The molecule has 1 aliphatic carbocycles. The van der Waals surface area contributed by atoms with Crippen LogP contribution in [0.5, 0.6) is 0 Å². The molecule has 1 aromatic carbocycles. The third-order valence-electron chi connectivity index (χ3n) is 4.08. The molecule has 0 saturated carbocycles. The number of hydrogen-bond donors (Lipinski definition) is 0. The maximum atomic E-state index is 12.6. The first-order chi connectivity index (χ1) is 9.25. The summed E-state index contributed by atoms with van der Waals surface area (Å²) in [7, 11) is 0. The lowest BCUT2D eigenvalue weighted by molar-refractivity contribution is -0.152. The molecule has 2 nitrogen and oxygen atoms in total. The summed E-state index contributed by atoms with van der Waals surface area (Å²) < 4.78 is 5.40. The van der Waals surface area contributed by atoms with E-state index in [1.807, 2.05) is 25.1 Å². The van der Waals surface area contributed by atoms with E-state index in [0.717, 1.165) is 24.8 Å². The Morgan fingerprint density at radius 3 is 2.68 bits per heavy atom. The van der Waals surface area contributed by atoms with Crippen LogP contribution in [0, 0.1) is 5.92 Å². The van der Waals surface area contributed by atoms with E-state index in [1.165, 1.54) is 0 Å². The van der Waals surface area contributed by atoms with Gasteiger partial charge in [0.15, 0.2) is 0 Å². The standard InChI is InChI=1S/C17H22O2/c1-3-14-10-8-9-13-17(14,16(18)19-4-2)15-11-6-5-7-12-15/h5-8,10-12,14H,3-4,9,13H2,1-2H3/t14-,17-/m1/s1. The molecule has 2 heteroatoms. The maximum absolute atomic E-state index is 12.6. The zero-order chi connectivity index (χ0) is 13.7. The van der Waals surface area contributed by atoms with Crippen molar-refractivity contribution in [2.75, 3.05) is 6.61 Å². The van der Waals surface area contributed by atoms with E-state index in [9.17, 15) is 4.79 Å². The zero-order valence-electron chi connectivity index (χ0n) is 11.8. The van der Waals surface area contributed by atoms with Gasteiger partial charge in [-0.05, 0) is 37.7 Å². The fourth-order valence-corrected chi connectivity index (χ4v) is 3.13. The second kappa shape index (κ2) is 6.05. The van der Waals surface area contributed by atoms with Crippen LogP contribution in [0.3, 0.4) is 0 Å². The highest BCUT2D eigenvalue weighted by Gasteiger charge is 2.47. The van der Waals surface area contributed by atoms with Crippen LogP contribution in [0.15, 0.2) is 42.5 Å². The molecular weight excluding hydrogens is 236 g/mol. The maximum Gasteiger partial charge on any atom is 0.317 e. The van der Waals surface area contributed by atoms with Crippen LogP contribution < -0.4 is 0 Å². The van der Waals surface area contributed by atoms with Crippen LogP contribution in [0.2, 0.25) is 0 Å². The quantitative estimate of drug-likeness (QED) is 0.605. The normalized spacial score (nSPS) is 26.1. The van der Waals surface area contributed by atoms with Gasteiger partial charge in [-0.15, -0.1) is 0 Å². The molecule has 102 valence electrons. The Morgan fingerprint density at radius 2 is 2.05 bits per heavy atom. The fourth-order valence-electron chi connectivity index (χ4n) is 3.13. The van der Waals surface area contributed by atoms with Crippen LogP contribution >= 0.6 is 0 Å². The Bertz CT molecular complexity index is 450. The number of hydrogen-bond acceptors (Lipinski definition) is 2. The van der Waals surface area contributed by atoms with Crippen molar-refractivity contribution in [3.05, 3.63) is 48.0 Å². The molecule has 1 aliphatic rings. The summed E-state index contributed by atoms with van der Waals surface area (Å²) in [4.78, 5) is 12.6. The molecule has 0 unspecified atom stereocenters. The van der Waals surface area contributed by atoms with Crippen molar-refractivity contribution in [2.45, 2.75) is 38.5 Å². The van der Waals surface area contributed by atoms with Crippen LogP contribution in [-0.2, 0) is 14.9 Å². The van der Waals surface area contributed by atoms with E-state index in [-0.39, 0.29) is 11.9 Å². The van der Waals surface area contributed by atoms with Crippen molar-refractivity contribution in [2.24, 2.45) is 5.92 Å². The van der Waals surface area contributed by atoms with Gasteiger partial charge in [0.25, 0.3) is 0 Å². The highest BCUT2D eigenvalue weighted by molar-refractivity contribution is 5.84. The van der Waals surface area contributed by atoms with Gasteiger partial charge in [0.1, 0.15) is 0 Å². The van der Waals surface area contributed by atoms with Crippen molar-refractivity contribution < 1.29 is 9.53 Å². The predicted octanol–water partition coefficient (Wildman–Crippen LogP) is 3.86. The second-order valence-electron chi connectivity index (χ2n) is 5.04. The highest BCUT2D eigenvalue weighted by atomic mass is 16.5. The third-order valence-corrected chi connectivity index (χ3v) is 4.08. The Morgan fingerprint density at radius 1 is 1.32 bits per heavy atom. The molecule has 0 aliphatic heterocycles. The largest absolute Gasteiger partial charge is 0.465 e. The lowest BCUT2D eigenvalue weighted by Crippen LogP contribution is -2.44. The Balaban J connectivity index is 2.49. The number of esters is 1. The Labute approximate surface area is 115 Å². The first-order valence-corrected chi connectivity index (χ1v) is 7.15. The van der Waals surface area contributed by atoms with Gasteiger partial charge in [0.2, 0.25) is 0 Å². The number of allylic oxidation sites excluding steroid dienone is 2. The lowest BCUT2D eigenvalue weighted by Gasteiger charge is -2.39. The van der Waals surface area contributed by atoms with E-state index in [0.29, 0.717) is 6.61 Å². The molecule has 0 bridgehead atoms. The molecule has 0 amide bonds. The summed E-state index contributed by atoms with van der Waals surface area (Å²) in [6.07, 6.45) is 7.10. The van der Waals surface area contributed by atoms with Crippen molar-refractivity contribution in [3.8, 4) is 0 Å². The van der Waals surface area contributed by atoms with Crippen LogP contribution in [0.1, 0.15) is 38.7 Å². The van der Waals surface area contributed by atoms with Gasteiger partial charge < -0.3 is 4.74 Å². The summed E-state index contributed by atoms with van der Waals surface area (Å²) in [6.45, 7) is 4.45. The van der Waals surface area contributed by atoms with Crippen molar-refractivity contribution >= 4 is 5.97 Å². The topological polar surface area (TPSA) is 26.3 Å². The number of carbonyl (C=O) groups excluding carboxylic acids is 1. The minimum Gasteiger partial charge on any atom is -0.465 e. The van der Waals surface area contributed by atoms with Crippen LogP contribution in [0.25, 0.3) is 0 Å². The molecule has 0 aromatic heterocycles. The van der Waals surface area contributed by atoms with E-state index in [4.69, 9.17) is 4.74 Å². The van der Waals surface area contributed by atoms with Gasteiger partial charge >= 0.3 is 5.97 Å². The molecule has 0 heterocycles. The van der Waals surface area contributed by atoms with Crippen LogP contribution in [-0.4, -0.2) is 12.6 Å². The van der Waals surface area contributed by atoms with E-state index in [1.54, 1.807) is 0 Å². The molecular formula is C17H22O2. The van der Waals surface area contributed by atoms with Gasteiger partial charge in [-0.1, -0.05) is 49.4 Å². The lowest BCUT2D eigenvalue weighted by atomic mass is 9.64. The van der Waals surface area contributed by atoms with Gasteiger partial charge in [-0.3, -0.25) is 4.79 Å². The molecule has 1 aromatic rings. The summed E-state index contributed by atoms with van der Waals surface area (Å²) in [5.41, 5.74) is 0.588. The van der Waals surface area contributed by atoms with E-state index >= 15 is 0 Å². The first kappa shape index (κ1) is 13.9. The SMILES string of the molecule is CCOC(=O)[C@]1(c2ccccc2)CCC=C[C@H]1CC. The first-order valence-electron chi connectivity index (χ1n) is 7.15. The Hall–Kier alpha value is -1.57. The zero-order valence-corrected chi connectivity index (χ0v) is 11.8. The number of benzene rings is 1. The summed E-state index contributed by atoms with van der Waals surface area (Å²) >= 11 is 0. The minimum absolute atomic E-state index is 0.0719. The molecule has 2 rings (SSSR count). The van der Waals surface area contributed by atoms with E-state index in [2.05, 4.69) is 31.2 Å². The molecule has 0 saturated heterocycles. The second-order valence-corrected chi connectivity index (χ2v) is 5.04. The predicted molar refractivity (Wildman–Crippen MR) is 76.9 cm³/mol. The smallest absolute Gasteiger partial charge is 0.317 e. The molecule has 19 heavy (non-hydrogen) atoms. The summed E-state index contributed by atoms with van der Waals surface area (Å²) in [5, 5.41) is 0. The average Bonchev–Trinajstić information content (AvgIpc) is 2.48. The monoisotopic (exact) mass is 258 g/mol. The van der Waals surface area contributed by atoms with Crippen molar-refractivity contribution in [3.63, 3.8) is 0 Å². The minimum atomic E-state index is -0.499. The number of rotatable bonds is 4. The average molecular weight is 258 g/mol. The number of ether oxygens (including phenoxy) is 1. The Kier molecular flexibility index (Phi) is 4.41. The van der Waals surface area contributed by atoms with E-state index < -0.39 is 5.41 Å². The van der Waals surface area contributed by atoms with Gasteiger partial charge in [0, 0.05) is 0 Å². The molecule has 0 radical (unpaired) electrons. The molecule has 2 atom stereocenters. The van der Waals surface area contributed by atoms with Gasteiger partial charge in [-0.25, -0.2) is 0 Å². The molecule has 0 spiro atoms. The van der Waals surface area contributed by atoms with Gasteiger partial charge in [0.05, 0.1) is 12.0 Å². The van der Waals surface area contributed by atoms with Crippen LogP contribution in [0.4, 0.5) is 0 Å². The third kappa shape index (κ3) is 2.44. The van der Waals surface area contributed by atoms with Crippen molar-refractivity contribution in [1.29, 1.82) is 0 Å². The summed E-state index contributed by atoms with van der Waals surface area (Å²) in [5.74, 6) is 0.153. The fraction of sp³-hybridized carbons (Fsp3) is 0.471. The highest BCUT2D eigenvalue weighted by Crippen LogP contribution is 2.43. The van der Waals surface area contributed by atoms with Gasteiger partial charge in [-0.2, -0.15) is 0 Å². The number of carbonyl (C=O) groups is 1. The summed E-state index contributed by atoms with van der Waals surface area (Å²) in [6, 6.07) is 10.1.